The van der Waals surface area contributed by atoms with Gasteiger partial charge in [-0.15, -0.1) is 0 Å². The predicted molar refractivity (Wildman–Crippen MR) is 146 cm³/mol. The van der Waals surface area contributed by atoms with Crippen LogP contribution in [0.1, 0.15) is 56.4 Å². The Bertz CT molecular complexity index is 1600. The van der Waals surface area contributed by atoms with Gasteiger partial charge in [0, 0.05) is 42.6 Å². The molecule has 1 aromatic heterocycles. The average molecular weight is 544 g/mol. The lowest BCUT2D eigenvalue weighted by Gasteiger charge is -2.26. The van der Waals surface area contributed by atoms with E-state index in [1.165, 1.54) is 19.2 Å². The van der Waals surface area contributed by atoms with Crippen LogP contribution in [-0.2, 0) is 28.6 Å². The van der Waals surface area contributed by atoms with E-state index >= 15 is 0 Å². The summed E-state index contributed by atoms with van der Waals surface area (Å²) in [6.45, 7) is 0.459. The molecule has 0 fully saturated rings. The second-order valence-corrected chi connectivity index (χ2v) is 11.5. The van der Waals surface area contributed by atoms with Gasteiger partial charge in [-0.2, -0.15) is 0 Å². The van der Waals surface area contributed by atoms with Crippen LogP contribution in [0.2, 0.25) is 0 Å². The third-order valence-corrected chi connectivity index (χ3v) is 8.55. The molecule has 1 atom stereocenters. The number of hydrogen-bond acceptors (Lipinski definition) is 6. The number of amides is 1. The van der Waals surface area contributed by atoms with E-state index in [0.717, 1.165) is 5.56 Å². The minimum atomic E-state index is -3.89. The summed E-state index contributed by atoms with van der Waals surface area (Å²) >= 11 is 0. The minimum Gasteiger partial charge on any atom is -0.484 e. The monoisotopic (exact) mass is 543 g/mol. The minimum absolute atomic E-state index is 0.00101. The molecule has 4 aromatic rings. The van der Waals surface area contributed by atoms with Crippen LogP contribution in [0.5, 0.6) is 5.75 Å². The fraction of sp³-hybridized carbons (Fsp3) is 0.233. The molecule has 39 heavy (non-hydrogen) atoms. The number of benzene rings is 3. The third-order valence-electron chi connectivity index (χ3n) is 6.91. The molecule has 5 rings (SSSR count). The summed E-state index contributed by atoms with van der Waals surface area (Å²) in [6, 6.07) is 19.1. The normalized spacial score (nSPS) is 13.9. The predicted octanol–water partition coefficient (Wildman–Crippen LogP) is 4.56. The lowest BCUT2D eigenvalue weighted by atomic mass is 9.87. The molecule has 1 N–H and O–H groups in total. The largest absolute Gasteiger partial charge is 0.484 e. The van der Waals surface area contributed by atoms with E-state index in [-0.39, 0.29) is 27.9 Å². The Morgan fingerprint density at radius 1 is 1.08 bits per heavy atom. The van der Waals surface area contributed by atoms with Gasteiger partial charge in [-0.25, -0.2) is 13.4 Å². The van der Waals surface area contributed by atoms with Crippen molar-refractivity contribution in [1.82, 2.24) is 14.9 Å². The number of nitrogens with one attached hydrogen (secondary N) is 1. The maximum atomic E-state index is 13.7. The Labute approximate surface area is 227 Å². The number of hydrogen-bond donors (Lipinski definition) is 1. The molecule has 1 amide bonds. The summed E-state index contributed by atoms with van der Waals surface area (Å²) in [6.07, 6.45) is 6.46. The van der Waals surface area contributed by atoms with E-state index in [1.807, 2.05) is 41.1 Å². The zero-order valence-electron chi connectivity index (χ0n) is 21.5. The fourth-order valence-electron chi connectivity index (χ4n) is 4.91. The molecule has 1 heterocycles. The van der Waals surface area contributed by atoms with Crippen molar-refractivity contribution in [3.63, 3.8) is 0 Å². The molecule has 0 bridgehead atoms. The Kier molecular flexibility index (Phi) is 7.60. The highest BCUT2D eigenvalue weighted by molar-refractivity contribution is 7.90. The maximum Gasteiger partial charge on any atom is 0.251 e. The van der Waals surface area contributed by atoms with Crippen molar-refractivity contribution >= 4 is 21.5 Å². The number of carbonyl (C=O) groups is 2. The summed E-state index contributed by atoms with van der Waals surface area (Å²) in [5, 5.41) is 2.52. The number of sulfone groups is 1. The van der Waals surface area contributed by atoms with Gasteiger partial charge in [0.25, 0.3) is 5.91 Å². The number of aromatic nitrogens is 2. The van der Waals surface area contributed by atoms with Crippen LogP contribution in [-0.4, -0.2) is 36.7 Å². The Morgan fingerprint density at radius 3 is 2.64 bits per heavy atom. The van der Waals surface area contributed by atoms with Crippen LogP contribution in [0, 0.1) is 0 Å². The van der Waals surface area contributed by atoms with Gasteiger partial charge in [-0.05, 0) is 54.3 Å². The van der Waals surface area contributed by atoms with Gasteiger partial charge in [-0.3, -0.25) is 9.59 Å². The van der Waals surface area contributed by atoms with Gasteiger partial charge in [0.05, 0.1) is 23.5 Å². The Hall–Kier alpha value is -4.24. The summed E-state index contributed by atoms with van der Waals surface area (Å²) in [5.41, 5.74) is 2.92. The topological polar surface area (TPSA) is 107 Å². The lowest BCUT2D eigenvalue weighted by Crippen LogP contribution is -2.20. The standard InChI is InChI=1S/C30H29N3O5S/c1-31-30(35)22-9-5-10-23(17-22)39(36,37)19-26-24-11-6-12-27(34)25(24)13-14-28(26)38-29(18-33-16-15-32-20-33)21-7-3-2-4-8-21/h2-5,7-10,13-17,20,29H,6,11-12,18-19H2,1H3,(H,31,35). The molecule has 0 radical (unpaired) electrons. The van der Waals surface area contributed by atoms with E-state index in [9.17, 15) is 18.0 Å². The highest BCUT2D eigenvalue weighted by Gasteiger charge is 2.28. The number of ether oxygens (including phenoxy) is 1. The number of rotatable bonds is 9. The highest BCUT2D eigenvalue weighted by Crippen LogP contribution is 2.36. The third kappa shape index (κ3) is 5.78. The van der Waals surface area contributed by atoms with E-state index in [4.69, 9.17) is 4.74 Å². The van der Waals surface area contributed by atoms with Gasteiger partial charge in [0.15, 0.2) is 15.6 Å². The summed E-state index contributed by atoms with van der Waals surface area (Å²) < 4.78 is 35.9. The number of fused-ring (bicyclic) bond motifs is 1. The van der Waals surface area contributed by atoms with E-state index in [0.29, 0.717) is 48.2 Å². The molecule has 0 spiro atoms. The van der Waals surface area contributed by atoms with Crippen molar-refractivity contribution < 1.29 is 22.7 Å². The summed E-state index contributed by atoms with van der Waals surface area (Å²) in [5.74, 6) is -0.309. The molecular formula is C30H29N3O5S. The van der Waals surface area contributed by atoms with Crippen molar-refractivity contribution in [2.75, 3.05) is 7.05 Å². The first kappa shape index (κ1) is 26.4. The van der Waals surface area contributed by atoms with Crippen LogP contribution in [0.4, 0.5) is 0 Å². The van der Waals surface area contributed by atoms with Crippen molar-refractivity contribution in [2.45, 2.75) is 42.6 Å². The van der Waals surface area contributed by atoms with Crippen LogP contribution < -0.4 is 10.1 Å². The first-order chi connectivity index (χ1) is 18.9. The zero-order valence-corrected chi connectivity index (χ0v) is 22.4. The first-order valence-corrected chi connectivity index (χ1v) is 14.4. The molecule has 9 heteroatoms. The molecular weight excluding hydrogens is 514 g/mol. The SMILES string of the molecule is CNC(=O)c1cccc(S(=O)(=O)Cc2c(OC(Cn3ccnc3)c3ccccc3)ccc3c2CCCC3=O)c1. The molecule has 1 unspecified atom stereocenters. The smallest absolute Gasteiger partial charge is 0.251 e. The van der Waals surface area contributed by atoms with Crippen molar-refractivity contribution in [2.24, 2.45) is 0 Å². The van der Waals surface area contributed by atoms with Gasteiger partial charge >= 0.3 is 0 Å². The summed E-state index contributed by atoms with van der Waals surface area (Å²) in [7, 11) is -2.39. The van der Waals surface area contributed by atoms with Crippen LogP contribution in [0.25, 0.3) is 0 Å². The molecule has 3 aromatic carbocycles. The van der Waals surface area contributed by atoms with Gasteiger partial charge < -0.3 is 14.6 Å². The van der Waals surface area contributed by atoms with Crippen molar-refractivity contribution in [1.29, 1.82) is 0 Å². The average Bonchev–Trinajstić information content (AvgIpc) is 3.47. The molecule has 8 nitrogen and oxygen atoms in total. The zero-order chi connectivity index (χ0) is 27.4. The van der Waals surface area contributed by atoms with E-state index in [2.05, 4.69) is 10.3 Å². The Morgan fingerprint density at radius 2 is 1.90 bits per heavy atom. The Balaban J connectivity index is 1.57. The second kappa shape index (κ2) is 11.2. The number of Topliss-reactive ketones (excluding diaryl/α,β-unsaturated/α-hetero) is 1. The fourth-order valence-corrected chi connectivity index (χ4v) is 6.37. The van der Waals surface area contributed by atoms with Crippen LogP contribution >= 0.6 is 0 Å². The lowest BCUT2D eigenvalue weighted by molar-refractivity contribution is 0.0958. The molecule has 1 aliphatic rings. The van der Waals surface area contributed by atoms with E-state index < -0.39 is 15.9 Å². The van der Waals surface area contributed by atoms with Gasteiger partial charge in [-0.1, -0.05) is 36.4 Å². The highest BCUT2D eigenvalue weighted by atomic mass is 32.2. The second-order valence-electron chi connectivity index (χ2n) is 9.49. The van der Waals surface area contributed by atoms with Crippen molar-refractivity contribution in [3.8, 4) is 5.75 Å². The number of nitrogens with zero attached hydrogens (tertiary/aromatic N) is 2. The molecule has 0 saturated heterocycles. The molecule has 200 valence electrons. The maximum absolute atomic E-state index is 13.7. The molecule has 1 aliphatic carbocycles. The number of carbonyl (C=O) groups excluding carboxylic acids is 2. The summed E-state index contributed by atoms with van der Waals surface area (Å²) in [4.78, 5) is 29.1. The quantitative estimate of drug-likeness (QED) is 0.332. The molecule has 0 saturated carbocycles. The van der Waals surface area contributed by atoms with Gasteiger partial charge in [0.2, 0.25) is 0 Å². The first-order valence-electron chi connectivity index (χ1n) is 12.8. The van der Waals surface area contributed by atoms with Crippen LogP contribution in [0.15, 0.2) is 90.3 Å². The van der Waals surface area contributed by atoms with Crippen LogP contribution in [0.3, 0.4) is 0 Å². The van der Waals surface area contributed by atoms with E-state index in [1.54, 1.807) is 36.8 Å². The van der Waals surface area contributed by atoms with Crippen molar-refractivity contribution in [3.05, 3.63) is 113 Å². The molecule has 0 aliphatic heterocycles. The number of ketones is 1. The number of imidazole rings is 1. The van der Waals surface area contributed by atoms with Gasteiger partial charge in [0.1, 0.15) is 11.9 Å².